The SMILES string of the molecule is O=C(Nc1sc2ccccc2c(=O)c1-c1ccc(Cl)cc1)c1ccc([N+](=O)[O-])cc1. The summed E-state index contributed by atoms with van der Waals surface area (Å²) in [5, 5.41) is 15.1. The lowest BCUT2D eigenvalue weighted by molar-refractivity contribution is -0.384. The topological polar surface area (TPSA) is 89.3 Å². The van der Waals surface area contributed by atoms with Gasteiger partial charge in [0.05, 0.1) is 10.5 Å². The molecule has 0 unspecified atom stereocenters. The zero-order valence-electron chi connectivity index (χ0n) is 15.3. The molecular weight excluding hydrogens is 424 g/mol. The third-order valence-corrected chi connectivity index (χ3v) is 5.84. The van der Waals surface area contributed by atoms with Crippen LogP contribution in [0, 0.1) is 10.1 Å². The number of fused-ring (bicyclic) bond motifs is 1. The second-order valence-electron chi connectivity index (χ2n) is 6.40. The first-order chi connectivity index (χ1) is 14.4. The van der Waals surface area contributed by atoms with Crippen LogP contribution in [0.5, 0.6) is 0 Å². The molecule has 0 bridgehead atoms. The van der Waals surface area contributed by atoms with Gasteiger partial charge in [-0.3, -0.25) is 19.7 Å². The maximum atomic E-state index is 13.2. The van der Waals surface area contributed by atoms with Crippen molar-refractivity contribution in [2.24, 2.45) is 0 Å². The van der Waals surface area contributed by atoms with Crippen molar-refractivity contribution < 1.29 is 9.72 Å². The number of nitrogens with zero attached hydrogens (tertiary/aromatic N) is 1. The molecule has 0 saturated carbocycles. The summed E-state index contributed by atoms with van der Waals surface area (Å²) in [5.74, 6) is -0.467. The first kappa shape index (κ1) is 19.8. The van der Waals surface area contributed by atoms with Crippen molar-refractivity contribution in [3.8, 4) is 11.1 Å². The summed E-state index contributed by atoms with van der Waals surface area (Å²) in [6.07, 6.45) is 0. The van der Waals surface area contributed by atoms with Crippen LogP contribution in [0.25, 0.3) is 21.2 Å². The van der Waals surface area contributed by atoms with Crippen LogP contribution < -0.4 is 10.7 Å². The molecule has 0 saturated heterocycles. The van der Waals surface area contributed by atoms with Crippen molar-refractivity contribution in [2.75, 3.05) is 5.32 Å². The molecule has 148 valence electrons. The molecule has 1 heterocycles. The molecule has 4 rings (SSSR count). The number of non-ortho nitro benzene ring substituents is 1. The normalized spacial score (nSPS) is 10.7. The third-order valence-electron chi connectivity index (χ3n) is 4.50. The Balaban J connectivity index is 1.81. The molecule has 1 aromatic heterocycles. The zero-order valence-corrected chi connectivity index (χ0v) is 16.9. The highest BCUT2D eigenvalue weighted by molar-refractivity contribution is 7.22. The average Bonchev–Trinajstić information content (AvgIpc) is 2.75. The minimum atomic E-state index is -0.532. The van der Waals surface area contributed by atoms with E-state index in [4.69, 9.17) is 11.6 Å². The molecule has 0 aliphatic rings. The van der Waals surface area contributed by atoms with Gasteiger partial charge in [0.1, 0.15) is 5.00 Å². The van der Waals surface area contributed by atoms with Gasteiger partial charge in [-0.1, -0.05) is 35.9 Å². The number of amides is 1. The number of carbonyl (C=O) groups is 1. The Labute approximate surface area is 179 Å². The van der Waals surface area contributed by atoms with E-state index in [1.54, 1.807) is 36.4 Å². The molecule has 0 atom stereocenters. The van der Waals surface area contributed by atoms with Gasteiger partial charge in [0.25, 0.3) is 11.6 Å². The van der Waals surface area contributed by atoms with Crippen LogP contribution >= 0.6 is 22.9 Å². The maximum absolute atomic E-state index is 13.2. The Hall–Kier alpha value is -3.55. The summed E-state index contributed by atoms with van der Waals surface area (Å²) in [5.41, 5.74) is 0.931. The van der Waals surface area contributed by atoms with Crippen molar-refractivity contribution in [3.05, 3.63) is 104 Å². The summed E-state index contributed by atoms with van der Waals surface area (Å²) in [7, 11) is 0. The van der Waals surface area contributed by atoms with E-state index in [1.807, 2.05) is 12.1 Å². The van der Waals surface area contributed by atoms with E-state index in [0.717, 1.165) is 4.70 Å². The van der Waals surface area contributed by atoms with Crippen LogP contribution in [-0.2, 0) is 0 Å². The van der Waals surface area contributed by atoms with Gasteiger partial charge < -0.3 is 5.32 Å². The van der Waals surface area contributed by atoms with Crippen molar-refractivity contribution in [2.45, 2.75) is 0 Å². The number of benzene rings is 3. The number of hydrogen-bond acceptors (Lipinski definition) is 5. The predicted octanol–water partition coefficient (Wildman–Crippen LogP) is 5.74. The van der Waals surface area contributed by atoms with Crippen LogP contribution in [0.2, 0.25) is 5.02 Å². The van der Waals surface area contributed by atoms with Gasteiger partial charge in [-0.2, -0.15) is 0 Å². The highest BCUT2D eigenvalue weighted by atomic mass is 35.5. The fraction of sp³-hybridized carbons (Fsp3) is 0. The Morgan fingerprint density at radius 3 is 2.30 bits per heavy atom. The monoisotopic (exact) mass is 436 g/mol. The molecular formula is C22H13ClN2O4S. The summed E-state index contributed by atoms with van der Waals surface area (Å²) >= 11 is 7.26. The molecule has 0 spiro atoms. The smallest absolute Gasteiger partial charge is 0.269 e. The molecule has 6 nitrogen and oxygen atoms in total. The van der Waals surface area contributed by atoms with Gasteiger partial charge >= 0.3 is 0 Å². The van der Waals surface area contributed by atoms with E-state index in [0.29, 0.717) is 26.5 Å². The second-order valence-corrected chi connectivity index (χ2v) is 7.89. The maximum Gasteiger partial charge on any atom is 0.269 e. The minimum absolute atomic E-state index is 0.108. The summed E-state index contributed by atoms with van der Waals surface area (Å²) < 4.78 is 0.735. The molecule has 4 aromatic rings. The lowest BCUT2D eigenvalue weighted by Crippen LogP contribution is -2.15. The number of carbonyl (C=O) groups excluding carboxylic acids is 1. The Morgan fingerprint density at radius 2 is 1.63 bits per heavy atom. The Bertz CT molecular complexity index is 1330. The lowest BCUT2D eigenvalue weighted by atomic mass is 10.1. The minimum Gasteiger partial charge on any atom is -0.313 e. The van der Waals surface area contributed by atoms with E-state index in [2.05, 4.69) is 5.32 Å². The number of anilines is 1. The summed E-state index contributed by atoms with van der Waals surface area (Å²) in [6, 6.07) is 19.2. The molecule has 30 heavy (non-hydrogen) atoms. The van der Waals surface area contributed by atoms with E-state index >= 15 is 0 Å². The largest absolute Gasteiger partial charge is 0.313 e. The second kappa shape index (κ2) is 8.06. The fourth-order valence-corrected chi connectivity index (χ4v) is 4.24. The van der Waals surface area contributed by atoms with Gasteiger partial charge in [-0.05, 0) is 42.0 Å². The highest BCUT2D eigenvalue weighted by Gasteiger charge is 2.18. The number of nitrogens with one attached hydrogen (secondary N) is 1. The lowest BCUT2D eigenvalue weighted by Gasteiger charge is -2.12. The number of nitro benzene ring substituents is 1. The van der Waals surface area contributed by atoms with E-state index in [9.17, 15) is 19.7 Å². The van der Waals surface area contributed by atoms with Gasteiger partial charge in [0, 0.05) is 32.8 Å². The van der Waals surface area contributed by atoms with Crippen LogP contribution in [0.1, 0.15) is 10.4 Å². The van der Waals surface area contributed by atoms with Gasteiger partial charge in [-0.15, -0.1) is 11.3 Å². The molecule has 0 radical (unpaired) electrons. The molecule has 3 aromatic carbocycles. The van der Waals surface area contributed by atoms with Crippen LogP contribution in [0.4, 0.5) is 10.7 Å². The first-order valence-corrected chi connectivity index (χ1v) is 10.0. The number of nitro groups is 1. The molecule has 8 heteroatoms. The number of hydrogen-bond donors (Lipinski definition) is 1. The van der Waals surface area contributed by atoms with E-state index < -0.39 is 10.8 Å². The van der Waals surface area contributed by atoms with Crippen molar-refractivity contribution in [3.63, 3.8) is 0 Å². The van der Waals surface area contributed by atoms with Crippen LogP contribution in [0.3, 0.4) is 0 Å². The van der Waals surface area contributed by atoms with Crippen molar-refractivity contribution in [1.29, 1.82) is 0 Å². The Morgan fingerprint density at radius 1 is 0.967 bits per heavy atom. The van der Waals surface area contributed by atoms with E-state index in [-0.39, 0.29) is 16.7 Å². The highest BCUT2D eigenvalue weighted by Crippen LogP contribution is 2.34. The molecule has 1 N–H and O–H groups in total. The standard InChI is InChI=1S/C22H13ClN2O4S/c23-15-9-5-13(6-10-15)19-20(26)17-3-1-2-4-18(17)30-22(19)24-21(27)14-7-11-16(12-8-14)25(28)29/h1-12H,(H,24,27). The number of rotatable bonds is 4. The van der Waals surface area contributed by atoms with Crippen LogP contribution in [0.15, 0.2) is 77.6 Å². The first-order valence-electron chi connectivity index (χ1n) is 8.81. The fourth-order valence-electron chi connectivity index (χ4n) is 3.02. The Kier molecular flexibility index (Phi) is 5.31. The number of halogens is 1. The van der Waals surface area contributed by atoms with Crippen molar-refractivity contribution in [1.82, 2.24) is 0 Å². The zero-order chi connectivity index (χ0) is 21.3. The van der Waals surface area contributed by atoms with Gasteiger partial charge in [0.15, 0.2) is 5.43 Å². The average molecular weight is 437 g/mol. The molecule has 0 aliphatic heterocycles. The van der Waals surface area contributed by atoms with Crippen molar-refractivity contribution >= 4 is 49.6 Å². The van der Waals surface area contributed by atoms with E-state index in [1.165, 1.54) is 35.6 Å². The molecule has 0 aliphatic carbocycles. The summed E-state index contributed by atoms with van der Waals surface area (Å²) in [4.78, 5) is 36.3. The van der Waals surface area contributed by atoms with Crippen LogP contribution in [-0.4, -0.2) is 10.8 Å². The summed E-state index contributed by atoms with van der Waals surface area (Å²) in [6.45, 7) is 0. The predicted molar refractivity (Wildman–Crippen MR) is 120 cm³/mol. The third kappa shape index (κ3) is 3.80. The molecule has 0 fully saturated rings. The quantitative estimate of drug-likeness (QED) is 0.326. The molecule has 1 amide bonds. The van der Waals surface area contributed by atoms with Gasteiger partial charge in [0.2, 0.25) is 0 Å². The van der Waals surface area contributed by atoms with Gasteiger partial charge in [-0.25, -0.2) is 0 Å².